The molecule has 0 amide bonds. The standard InChI is InChI=1S/C18H25NO2.ClH/c1-2-3-6-11-19-12-9-18(10-13-19)14-15-7-4-5-8-16(15)17(20)21-18;/h4-5,7-8H,2-3,6,9-14H2,1H3;1H. The Balaban J connectivity index is 0.00000176. The number of likely N-dealkylation sites (tertiary alicyclic amines) is 1. The molecule has 122 valence electrons. The van der Waals surface area contributed by atoms with Crippen LogP contribution in [0.3, 0.4) is 0 Å². The zero-order valence-corrected chi connectivity index (χ0v) is 14.2. The van der Waals surface area contributed by atoms with Crippen LogP contribution in [0.25, 0.3) is 0 Å². The number of fused-ring (bicyclic) bond motifs is 1. The van der Waals surface area contributed by atoms with Crippen LogP contribution in [-0.2, 0) is 11.2 Å². The summed E-state index contributed by atoms with van der Waals surface area (Å²) >= 11 is 0. The molecule has 0 atom stereocenters. The van der Waals surface area contributed by atoms with Gasteiger partial charge in [-0.1, -0.05) is 38.0 Å². The normalized spacial score (nSPS) is 20.1. The largest absolute Gasteiger partial charge is 0.455 e. The molecule has 3 nitrogen and oxygen atoms in total. The van der Waals surface area contributed by atoms with Crippen LogP contribution < -0.4 is 0 Å². The van der Waals surface area contributed by atoms with E-state index in [4.69, 9.17) is 4.74 Å². The van der Waals surface area contributed by atoms with Crippen molar-refractivity contribution in [2.75, 3.05) is 19.6 Å². The van der Waals surface area contributed by atoms with Crippen molar-refractivity contribution in [2.45, 2.75) is 51.0 Å². The molecule has 0 bridgehead atoms. The lowest BCUT2D eigenvalue weighted by Crippen LogP contribution is -2.50. The average Bonchev–Trinajstić information content (AvgIpc) is 2.50. The van der Waals surface area contributed by atoms with Gasteiger partial charge in [-0.15, -0.1) is 12.4 Å². The van der Waals surface area contributed by atoms with Crippen LogP contribution in [0.1, 0.15) is 54.9 Å². The Kier molecular flexibility index (Phi) is 5.87. The van der Waals surface area contributed by atoms with E-state index in [0.717, 1.165) is 43.5 Å². The van der Waals surface area contributed by atoms with Crippen molar-refractivity contribution in [1.29, 1.82) is 0 Å². The minimum atomic E-state index is -0.243. The molecule has 0 saturated carbocycles. The van der Waals surface area contributed by atoms with Crippen LogP contribution in [0.15, 0.2) is 24.3 Å². The predicted molar refractivity (Wildman–Crippen MR) is 90.7 cm³/mol. The van der Waals surface area contributed by atoms with Crippen molar-refractivity contribution in [3.63, 3.8) is 0 Å². The van der Waals surface area contributed by atoms with E-state index >= 15 is 0 Å². The molecule has 0 radical (unpaired) electrons. The van der Waals surface area contributed by atoms with Crippen LogP contribution in [0.4, 0.5) is 0 Å². The van der Waals surface area contributed by atoms with Gasteiger partial charge in [0, 0.05) is 32.4 Å². The summed E-state index contributed by atoms with van der Waals surface area (Å²) in [5.74, 6) is -0.128. The van der Waals surface area contributed by atoms with Gasteiger partial charge in [0.2, 0.25) is 0 Å². The number of nitrogens with zero attached hydrogens (tertiary/aromatic N) is 1. The molecule has 0 unspecified atom stereocenters. The lowest BCUT2D eigenvalue weighted by molar-refractivity contribution is -0.0566. The molecule has 3 rings (SSSR count). The van der Waals surface area contributed by atoms with Gasteiger partial charge in [-0.05, 0) is 24.6 Å². The molecule has 2 heterocycles. The van der Waals surface area contributed by atoms with Crippen LogP contribution in [0, 0.1) is 0 Å². The van der Waals surface area contributed by atoms with E-state index in [1.165, 1.54) is 25.8 Å². The Morgan fingerprint density at radius 1 is 1.18 bits per heavy atom. The van der Waals surface area contributed by atoms with E-state index in [1.54, 1.807) is 0 Å². The minimum absolute atomic E-state index is 0. The SMILES string of the molecule is CCCCCN1CCC2(CC1)Cc1ccccc1C(=O)O2.Cl. The van der Waals surface area contributed by atoms with Crippen LogP contribution in [0.5, 0.6) is 0 Å². The molecule has 1 spiro atoms. The van der Waals surface area contributed by atoms with E-state index in [2.05, 4.69) is 17.9 Å². The van der Waals surface area contributed by atoms with Gasteiger partial charge in [-0.3, -0.25) is 0 Å². The topological polar surface area (TPSA) is 29.5 Å². The molecule has 4 heteroatoms. The minimum Gasteiger partial charge on any atom is -0.455 e. The smallest absolute Gasteiger partial charge is 0.338 e. The molecule has 1 saturated heterocycles. The van der Waals surface area contributed by atoms with Gasteiger partial charge in [-0.25, -0.2) is 4.79 Å². The average molecular weight is 324 g/mol. The highest BCUT2D eigenvalue weighted by Crippen LogP contribution is 2.36. The molecule has 1 aromatic carbocycles. The highest BCUT2D eigenvalue weighted by Gasteiger charge is 2.42. The summed E-state index contributed by atoms with van der Waals surface area (Å²) in [6.07, 6.45) is 6.69. The molecule has 1 fully saturated rings. The predicted octanol–water partition coefficient (Wildman–Crippen LogP) is 3.85. The number of piperidine rings is 1. The highest BCUT2D eigenvalue weighted by atomic mass is 35.5. The maximum atomic E-state index is 12.2. The number of hydrogen-bond donors (Lipinski definition) is 0. The van der Waals surface area contributed by atoms with Crippen molar-refractivity contribution in [2.24, 2.45) is 0 Å². The van der Waals surface area contributed by atoms with E-state index in [9.17, 15) is 4.79 Å². The van der Waals surface area contributed by atoms with Crippen LogP contribution in [-0.4, -0.2) is 36.1 Å². The summed E-state index contributed by atoms with van der Waals surface area (Å²) in [7, 11) is 0. The Labute approximate surface area is 139 Å². The number of carbonyl (C=O) groups is 1. The number of esters is 1. The Morgan fingerprint density at radius 2 is 1.91 bits per heavy atom. The molecule has 0 N–H and O–H groups in total. The number of halogens is 1. The molecule has 2 aliphatic heterocycles. The Hall–Kier alpha value is -1.06. The number of rotatable bonds is 4. The van der Waals surface area contributed by atoms with Crippen LogP contribution >= 0.6 is 12.4 Å². The van der Waals surface area contributed by atoms with Gasteiger partial charge in [0.1, 0.15) is 5.60 Å². The second-order valence-corrected chi connectivity index (χ2v) is 6.46. The summed E-state index contributed by atoms with van der Waals surface area (Å²) < 4.78 is 5.85. The third kappa shape index (κ3) is 3.64. The van der Waals surface area contributed by atoms with Crippen molar-refractivity contribution in [3.05, 3.63) is 35.4 Å². The lowest BCUT2D eigenvalue weighted by Gasteiger charge is -2.43. The maximum Gasteiger partial charge on any atom is 0.338 e. The fraction of sp³-hybridized carbons (Fsp3) is 0.611. The summed E-state index contributed by atoms with van der Waals surface area (Å²) in [6, 6.07) is 7.88. The second kappa shape index (κ2) is 7.47. The van der Waals surface area contributed by atoms with Gasteiger partial charge in [0.15, 0.2) is 0 Å². The van der Waals surface area contributed by atoms with Crippen LogP contribution in [0.2, 0.25) is 0 Å². The van der Waals surface area contributed by atoms with Gasteiger partial charge >= 0.3 is 5.97 Å². The first kappa shape index (κ1) is 17.3. The lowest BCUT2D eigenvalue weighted by atomic mass is 9.81. The maximum absolute atomic E-state index is 12.2. The first-order valence-corrected chi connectivity index (χ1v) is 8.26. The van der Waals surface area contributed by atoms with E-state index < -0.39 is 0 Å². The second-order valence-electron chi connectivity index (χ2n) is 6.46. The summed E-state index contributed by atoms with van der Waals surface area (Å²) in [6.45, 7) is 5.54. The molecule has 22 heavy (non-hydrogen) atoms. The molecular formula is C18H26ClNO2. The number of carbonyl (C=O) groups excluding carboxylic acids is 1. The zero-order valence-electron chi connectivity index (χ0n) is 13.3. The third-order valence-electron chi connectivity index (χ3n) is 4.90. The van der Waals surface area contributed by atoms with Gasteiger partial charge in [0.05, 0.1) is 5.56 Å². The number of hydrogen-bond acceptors (Lipinski definition) is 3. The molecule has 2 aliphatic rings. The fourth-order valence-electron chi connectivity index (χ4n) is 3.56. The molecule has 0 aromatic heterocycles. The highest BCUT2D eigenvalue weighted by molar-refractivity contribution is 5.92. The summed E-state index contributed by atoms with van der Waals surface area (Å²) in [5, 5.41) is 0. The third-order valence-corrected chi connectivity index (χ3v) is 4.90. The zero-order chi connectivity index (χ0) is 14.7. The summed E-state index contributed by atoms with van der Waals surface area (Å²) in [5.41, 5.74) is 1.67. The monoisotopic (exact) mass is 323 g/mol. The molecule has 0 aliphatic carbocycles. The number of benzene rings is 1. The van der Waals surface area contributed by atoms with Crippen molar-refractivity contribution in [1.82, 2.24) is 4.90 Å². The van der Waals surface area contributed by atoms with Crippen molar-refractivity contribution in [3.8, 4) is 0 Å². The quantitative estimate of drug-likeness (QED) is 0.622. The Bertz CT molecular complexity index is 510. The van der Waals surface area contributed by atoms with Crippen molar-refractivity contribution >= 4 is 18.4 Å². The van der Waals surface area contributed by atoms with Crippen molar-refractivity contribution < 1.29 is 9.53 Å². The number of unbranched alkanes of at least 4 members (excludes halogenated alkanes) is 2. The summed E-state index contributed by atoms with van der Waals surface area (Å²) in [4.78, 5) is 14.7. The van der Waals surface area contributed by atoms with E-state index in [1.807, 2.05) is 18.2 Å². The van der Waals surface area contributed by atoms with Gasteiger partial charge in [-0.2, -0.15) is 0 Å². The number of ether oxygens (including phenoxy) is 1. The molecular weight excluding hydrogens is 298 g/mol. The van der Waals surface area contributed by atoms with E-state index in [0.29, 0.717) is 0 Å². The van der Waals surface area contributed by atoms with E-state index in [-0.39, 0.29) is 24.0 Å². The first-order chi connectivity index (χ1) is 10.2. The first-order valence-electron chi connectivity index (χ1n) is 8.26. The van der Waals surface area contributed by atoms with Gasteiger partial charge < -0.3 is 9.64 Å². The van der Waals surface area contributed by atoms with Gasteiger partial charge in [0.25, 0.3) is 0 Å². The Morgan fingerprint density at radius 3 is 2.64 bits per heavy atom. The fourth-order valence-corrected chi connectivity index (χ4v) is 3.56. The molecule has 1 aromatic rings.